The number of H-pyrrole nitrogens is 1. The second-order valence-corrected chi connectivity index (χ2v) is 5.97. The smallest absolute Gasteiger partial charge is 0.266 e. The Hall–Kier alpha value is -2.81. The predicted octanol–water partition coefficient (Wildman–Crippen LogP) is 1.76. The van der Waals surface area contributed by atoms with E-state index in [1.807, 2.05) is 36.7 Å². The fourth-order valence-electron chi connectivity index (χ4n) is 2.78. The van der Waals surface area contributed by atoms with Crippen molar-refractivity contribution in [1.82, 2.24) is 14.9 Å². The third-order valence-electron chi connectivity index (χ3n) is 4.47. The molecule has 0 aliphatic heterocycles. The number of pyridine rings is 1. The number of hydrogen-bond acceptors (Lipinski definition) is 3. The molecule has 2 heterocycles. The summed E-state index contributed by atoms with van der Waals surface area (Å²) in [5.41, 5.74) is 4.16. The van der Waals surface area contributed by atoms with Gasteiger partial charge in [0.2, 0.25) is 5.91 Å². The molecule has 2 aromatic heterocycles. The maximum atomic E-state index is 12.1. The summed E-state index contributed by atoms with van der Waals surface area (Å²) in [6, 6.07) is 5.93. The Morgan fingerprint density at radius 3 is 2.62 bits per heavy atom. The molecule has 6 nitrogen and oxygen atoms in total. The first kappa shape index (κ1) is 17.5. The van der Waals surface area contributed by atoms with E-state index in [-0.39, 0.29) is 17.0 Å². The van der Waals surface area contributed by atoms with Gasteiger partial charge in [0.1, 0.15) is 11.6 Å². The molecule has 0 aliphatic rings. The van der Waals surface area contributed by atoms with Gasteiger partial charge in [-0.15, -0.1) is 0 Å². The lowest BCUT2D eigenvalue weighted by Crippen LogP contribution is -2.25. The Kier molecular flexibility index (Phi) is 5.24. The normalized spacial score (nSPS) is 10.5. The van der Waals surface area contributed by atoms with Crippen molar-refractivity contribution in [2.75, 3.05) is 0 Å². The van der Waals surface area contributed by atoms with Crippen molar-refractivity contribution in [1.29, 1.82) is 5.26 Å². The maximum Gasteiger partial charge on any atom is 0.266 e. The van der Waals surface area contributed by atoms with Crippen molar-refractivity contribution < 1.29 is 4.79 Å². The lowest BCUT2D eigenvalue weighted by molar-refractivity contribution is -0.121. The van der Waals surface area contributed by atoms with Gasteiger partial charge in [-0.25, -0.2) is 0 Å². The lowest BCUT2D eigenvalue weighted by Gasteiger charge is -2.11. The zero-order chi connectivity index (χ0) is 17.9. The third-order valence-corrected chi connectivity index (χ3v) is 4.47. The quantitative estimate of drug-likeness (QED) is 0.877. The molecule has 0 unspecified atom stereocenters. The zero-order valence-corrected chi connectivity index (χ0v) is 14.5. The summed E-state index contributed by atoms with van der Waals surface area (Å²) in [4.78, 5) is 26.5. The number of nitrogens with one attached hydrogen (secondary N) is 2. The fraction of sp³-hybridized carbons (Fsp3) is 0.389. The first-order chi connectivity index (χ1) is 11.3. The van der Waals surface area contributed by atoms with Crippen LogP contribution in [0.25, 0.3) is 0 Å². The Bertz CT molecular complexity index is 868. The minimum atomic E-state index is -0.375. The number of rotatable bonds is 5. The molecule has 6 heteroatoms. The molecule has 0 fully saturated rings. The molecule has 126 valence electrons. The molecule has 1 amide bonds. The molecule has 0 saturated carbocycles. The summed E-state index contributed by atoms with van der Waals surface area (Å²) >= 11 is 0. The van der Waals surface area contributed by atoms with E-state index < -0.39 is 0 Å². The van der Waals surface area contributed by atoms with Crippen LogP contribution in [0.1, 0.15) is 40.2 Å². The molecular formula is C18H22N4O2. The molecule has 2 N–H and O–H groups in total. The molecule has 0 radical (unpaired) electrons. The minimum absolute atomic E-state index is 0.0580. The average Bonchev–Trinajstić information content (AvgIpc) is 2.84. The van der Waals surface area contributed by atoms with Gasteiger partial charge >= 0.3 is 0 Å². The SMILES string of the molecule is Cc1[nH]c(=O)c(C#N)c(C)c1CCC(=O)NCc1ccc(C)n1C. The number of aryl methyl sites for hydroxylation is 2. The molecule has 2 aromatic rings. The van der Waals surface area contributed by atoms with Crippen molar-refractivity contribution in [3.8, 4) is 6.07 Å². The highest BCUT2D eigenvalue weighted by Gasteiger charge is 2.13. The average molecular weight is 326 g/mol. The third kappa shape index (κ3) is 3.57. The fourth-order valence-corrected chi connectivity index (χ4v) is 2.78. The number of aromatic nitrogens is 2. The zero-order valence-electron chi connectivity index (χ0n) is 14.5. The van der Waals surface area contributed by atoms with Crippen LogP contribution in [-0.2, 0) is 24.8 Å². The summed E-state index contributed by atoms with van der Waals surface area (Å²) in [5.74, 6) is -0.0580. The van der Waals surface area contributed by atoms with Gasteiger partial charge in [-0.3, -0.25) is 9.59 Å². The molecule has 0 saturated heterocycles. The van der Waals surface area contributed by atoms with Crippen LogP contribution in [-0.4, -0.2) is 15.5 Å². The second-order valence-electron chi connectivity index (χ2n) is 5.97. The first-order valence-electron chi connectivity index (χ1n) is 7.85. The molecule has 0 bridgehead atoms. The van der Waals surface area contributed by atoms with Gasteiger partial charge in [0.05, 0.1) is 6.54 Å². The largest absolute Gasteiger partial charge is 0.351 e. The molecule has 2 rings (SSSR count). The van der Waals surface area contributed by atoms with E-state index in [4.69, 9.17) is 5.26 Å². The van der Waals surface area contributed by atoms with Gasteiger partial charge in [0, 0.05) is 30.6 Å². The number of nitrogens with zero attached hydrogens (tertiary/aromatic N) is 2. The highest BCUT2D eigenvalue weighted by atomic mass is 16.1. The van der Waals surface area contributed by atoms with E-state index in [1.165, 1.54) is 0 Å². The number of nitriles is 1. The lowest BCUT2D eigenvalue weighted by atomic mass is 9.99. The monoisotopic (exact) mass is 326 g/mol. The van der Waals surface area contributed by atoms with E-state index in [0.717, 1.165) is 17.0 Å². The van der Waals surface area contributed by atoms with Crippen molar-refractivity contribution >= 4 is 5.91 Å². The van der Waals surface area contributed by atoms with Gasteiger partial charge in [-0.2, -0.15) is 5.26 Å². The molecule has 0 spiro atoms. The summed E-state index contributed by atoms with van der Waals surface area (Å²) in [5, 5.41) is 12.0. The second kappa shape index (κ2) is 7.18. The molecule has 0 aliphatic carbocycles. The molecular weight excluding hydrogens is 304 g/mol. The minimum Gasteiger partial charge on any atom is -0.351 e. The van der Waals surface area contributed by atoms with E-state index >= 15 is 0 Å². The summed E-state index contributed by atoms with van der Waals surface area (Å²) in [6.07, 6.45) is 0.795. The van der Waals surface area contributed by atoms with E-state index in [9.17, 15) is 9.59 Å². The van der Waals surface area contributed by atoms with Gasteiger partial charge in [0.15, 0.2) is 0 Å². The van der Waals surface area contributed by atoms with Crippen molar-refractivity contribution in [3.63, 3.8) is 0 Å². The van der Waals surface area contributed by atoms with Crippen LogP contribution >= 0.6 is 0 Å². The van der Waals surface area contributed by atoms with Crippen molar-refractivity contribution in [2.24, 2.45) is 7.05 Å². The highest BCUT2D eigenvalue weighted by molar-refractivity contribution is 5.76. The van der Waals surface area contributed by atoms with Gasteiger partial charge in [-0.1, -0.05) is 0 Å². The van der Waals surface area contributed by atoms with Crippen molar-refractivity contribution in [2.45, 2.75) is 40.2 Å². The summed E-state index contributed by atoms with van der Waals surface area (Å²) < 4.78 is 2.04. The van der Waals surface area contributed by atoms with E-state index in [0.29, 0.717) is 30.6 Å². The number of hydrogen-bond donors (Lipinski definition) is 2. The standard InChI is InChI=1S/C18H22N4O2/c1-11-5-6-14(22(11)4)10-20-17(23)8-7-15-12(2)16(9-19)18(24)21-13(15)3/h5-6H,7-8,10H2,1-4H3,(H,20,23)(H,21,24). The number of aromatic amines is 1. The molecule has 0 aromatic carbocycles. The molecule has 24 heavy (non-hydrogen) atoms. The van der Waals surface area contributed by atoms with Crippen LogP contribution in [0.4, 0.5) is 0 Å². The van der Waals surface area contributed by atoms with Gasteiger partial charge in [-0.05, 0) is 50.5 Å². The van der Waals surface area contributed by atoms with E-state index in [1.54, 1.807) is 13.8 Å². The van der Waals surface area contributed by atoms with Gasteiger partial charge < -0.3 is 14.9 Å². The molecule has 0 atom stereocenters. The van der Waals surface area contributed by atoms with Crippen LogP contribution in [0.2, 0.25) is 0 Å². The van der Waals surface area contributed by atoms with Crippen LogP contribution in [0, 0.1) is 32.1 Å². The van der Waals surface area contributed by atoms with Crippen LogP contribution in [0.15, 0.2) is 16.9 Å². The Morgan fingerprint density at radius 1 is 1.33 bits per heavy atom. The number of amides is 1. The van der Waals surface area contributed by atoms with Crippen LogP contribution < -0.4 is 10.9 Å². The Labute approximate surface area is 141 Å². The van der Waals surface area contributed by atoms with Crippen LogP contribution in [0.5, 0.6) is 0 Å². The first-order valence-corrected chi connectivity index (χ1v) is 7.85. The highest BCUT2D eigenvalue weighted by Crippen LogP contribution is 2.15. The van der Waals surface area contributed by atoms with Crippen LogP contribution in [0.3, 0.4) is 0 Å². The van der Waals surface area contributed by atoms with E-state index in [2.05, 4.69) is 10.3 Å². The summed E-state index contributed by atoms with van der Waals surface area (Å²) in [7, 11) is 1.97. The topological polar surface area (TPSA) is 90.7 Å². The van der Waals surface area contributed by atoms with Crippen molar-refractivity contribution in [3.05, 3.63) is 56.3 Å². The predicted molar refractivity (Wildman–Crippen MR) is 91.6 cm³/mol. The summed E-state index contributed by atoms with van der Waals surface area (Å²) in [6.45, 7) is 6.03. The van der Waals surface area contributed by atoms with Gasteiger partial charge in [0.25, 0.3) is 5.56 Å². The number of carbonyl (C=O) groups is 1. The number of carbonyl (C=O) groups excluding carboxylic acids is 1. The maximum absolute atomic E-state index is 12.1. The Balaban J connectivity index is 2.01. The Morgan fingerprint density at radius 2 is 2.04 bits per heavy atom.